The van der Waals surface area contributed by atoms with E-state index in [1.807, 2.05) is 0 Å². The van der Waals surface area contributed by atoms with Crippen LogP contribution in [0.1, 0.15) is 42.4 Å². The van der Waals surface area contributed by atoms with Gasteiger partial charge in [-0.2, -0.15) is 0 Å². The van der Waals surface area contributed by atoms with Crippen LogP contribution in [0.5, 0.6) is 0 Å². The molecule has 3 N–H and O–H groups in total. The molecule has 0 spiro atoms. The molecule has 2 atom stereocenters. The van der Waals surface area contributed by atoms with Crippen molar-refractivity contribution in [3.8, 4) is 0 Å². The van der Waals surface area contributed by atoms with Crippen LogP contribution in [0.25, 0.3) is 0 Å². The quantitative estimate of drug-likeness (QED) is 0.835. The highest BCUT2D eigenvalue weighted by Gasteiger charge is 2.23. The first kappa shape index (κ1) is 11.2. The van der Waals surface area contributed by atoms with Crippen LogP contribution >= 0.6 is 0 Å². The summed E-state index contributed by atoms with van der Waals surface area (Å²) in [5, 5.41) is 3.61. The summed E-state index contributed by atoms with van der Waals surface area (Å²) in [5.74, 6) is 0. The average Bonchev–Trinajstić information content (AvgIpc) is 2.94. The topological polar surface area (TPSA) is 38.0 Å². The third-order valence-corrected chi connectivity index (χ3v) is 4.30. The van der Waals surface area contributed by atoms with Gasteiger partial charge in [-0.05, 0) is 48.8 Å². The fourth-order valence-corrected chi connectivity index (χ4v) is 3.23. The Morgan fingerprint density at radius 2 is 2.00 bits per heavy atom. The number of benzene rings is 1. The summed E-state index contributed by atoms with van der Waals surface area (Å²) in [4.78, 5) is 0. The summed E-state index contributed by atoms with van der Waals surface area (Å²) in [6.07, 6.45) is 7.58. The van der Waals surface area contributed by atoms with E-state index >= 15 is 0 Å². The minimum Gasteiger partial charge on any atom is -0.326 e. The van der Waals surface area contributed by atoms with Gasteiger partial charge in [0.25, 0.3) is 0 Å². The Morgan fingerprint density at radius 1 is 1.12 bits per heavy atom. The number of aryl methyl sites for hydroxylation is 2. The second kappa shape index (κ2) is 4.79. The normalized spacial score (nSPS) is 27.4. The zero-order chi connectivity index (χ0) is 11.7. The molecule has 0 heterocycles. The Kier molecular flexibility index (Phi) is 3.17. The molecule has 0 aliphatic heterocycles. The Morgan fingerprint density at radius 3 is 2.82 bits per heavy atom. The highest BCUT2D eigenvalue weighted by atomic mass is 15.0. The maximum Gasteiger partial charge on any atom is 0.0222 e. The van der Waals surface area contributed by atoms with E-state index in [1.165, 1.54) is 44.1 Å². The standard InChI is InChI=1S/C15H22N2/c16-14-5-2-6-15(14)17-10-11-7-8-12-3-1-4-13(12)9-11/h7-9,14-15,17H,1-6,10,16H2. The van der Waals surface area contributed by atoms with Crippen LogP contribution in [0.2, 0.25) is 0 Å². The summed E-state index contributed by atoms with van der Waals surface area (Å²) in [6, 6.07) is 7.87. The lowest BCUT2D eigenvalue weighted by molar-refractivity contribution is 0.475. The highest BCUT2D eigenvalue weighted by molar-refractivity contribution is 5.35. The molecular formula is C15H22N2. The van der Waals surface area contributed by atoms with Crippen LogP contribution in [-0.4, -0.2) is 12.1 Å². The van der Waals surface area contributed by atoms with Gasteiger partial charge in [0.15, 0.2) is 0 Å². The lowest BCUT2D eigenvalue weighted by Crippen LogP contribution is -2.40. The molecule has 0 amide bonds. The number of fused-ring (bicyclic) bond motifs is 1. The van der Waals surface area contributed by atoms with E-state index in [0.717, 1.165) is 6.54 Å². The first-order valence-corrected chi connectivity index (χ1v) is 6.92. The minimum absolute atomic E-state index is 0.365. The van der Waals surface area contributed by atoms with Crippen molar-refractivity contribution < 1.29 is 0 Å². The maximum absolute atomic E-state index is 6.07. The summed E-state index contributed by atoms with van der Waals surface area (Å²) in [6.45, 7) is 0.978. The van der Waals surface area contributed by atoms with E-state index < -0.39 is 0 Å². The van der Waals surface area contributed by atoms with E-state index in [9.17, 15) is 0 Å². The van der Waals surface area contributed by atoms with Crippen LogP contribution < -0.4 is 11.1 Å². The molecule has 0 radical (unpaired) electrons. The lowest BCUT2D eigenvalue weighted by Gasteiger charge is -2.17. The molecule has 0 bridgehead atoms. The van der Waals surface area contributed by atoms with Crippen molar-refractivity contribution >= 4 is 0 Å². The molecule has 2 unspecified atom stereocenters. The number of nitrogens with two attached hydrogens (primary N) is 1. The Hall–Kier alpha value is -0.860. The first-order valence-electron chi connectivity index (χ1n) is 6.92. The van der Waals surface area contributed by atoms with Crippen molar-refractivity contribution in [2.45, 2.75) is 57.2 Å². The lowest BCUT2D eigenvalue weighted by atomic mass is 10.1. The van der Waals surface area contributed by atoms with Gasteiger partial charge >= 0.3 is 0 Å². The Bertz CT molecular complexity index is 400. The molecule has 1 aromatic carbocycles. The van der Waals surface area contributed by atoms with Crippen molar-refractivity contribution in [1.82, 2.24) is 5.32 Å². The van der Waals surface area contributed by atoms with E-state index in [2.05, 4.69) is 23.5 Å². The van der Waals surface area contributed by atoms with Gasteiger partial charge in [0.05, 0.1) is 0 Å². The second-order valence-electron chi connectivity index (χ2n) is 5.54. The smallest absolute Gasteiger partial charge is 0.0222 e. The Labute approximate surface area is 104 Å². The molecule has 2 aliphatic carbocycles. The van der Waals surface area contributed by atoms with Crippen molar-refractivity contribution in [2.75, 3.05) is 0 Å². The van der Waals surface area contributed by atoms with Crippen molar-refractivity contribution in [3.05, 3.63) is 34.9 Å². The molecule has 2 aliphatic rings. The summed E-state index contributed by atoms with van der Waals surface area (Å²) in [5.41, 5.74) is 10.6. The molecular weight excluding hydrogens is 208 g/mol. The number of rotatable bonds is 3. The van der Waals surface area contributed by atoms with Gasteiger partial charge in [-0.15, -0.1) is 0 Å². The van der Waals surface area contributed by atoms with Crippen molar-refractivity contribution in [3.63, 3.8) is 0 Å². The molecule has 1 saturated carbocycles. The first-order chi connectivity index (χ1) is 8.33. The van der Waals surface area contributed by atoms with Gasteiger partial charge in [-0.3, -0.25) is 0 Å². The summed E-state index contributed by atoms with van der Waals surface area (Å²) in [7, 11) is 0. The van der Waals surface area contributed by atoms with E-state index in [0.29, 0.717) is 12.1 Å². The van der Waals surface area contributed by atoms with Crippen LogP contribution in [-0.2, 0) is 19.4 Å². The SMILES string of the molecule is NC1CCCC1NCc1ccc2c(c1)CCC2. The molecule has 0 saturated heterocycles. The molecule has 0 aromatic heterocycles. The third kappa shape index (κ3) is 2.38. The molecule has 2 nitrogen and oxygen atoms in total. The van der Waals surface area contributed by atoms with E-state index in [4.69, 9.17) is 5.73 Å². The third-order valence-electron chi connectivity index (χ3n) is 4.30. The van der Waals surface area contributed by atoms with Crippen LogP contribution in [0, 0.1) is 0 Å². The van der Waals surface area contributed by atoms with Gasteiger partial charge < -0.3 is 11.1 Å². The number of hydrogen-bond donors (Lipinski definition) is 2. The fourth-order valence-electron chi connectivity index (χ4n) is 3.23. The van der Waals surface area contributed by atoms with Crippen LogP contribution in [0.4, 0.5) is 0 Å². The van der Waals surface area contributed by atoms with Gasteiger partial charge in [0.2, 0.25) is 0 Å². The highest BCUT2D eigenvalue weighted by Crippen LogP contribution is 2.23. The zero-order valence-corrected chi connectivity index (χ0v) is 10.4. The van der Waals surface area contributed by atoms with Gasteiger partial charge in [0, 0.05) is 18.6 Å². The molecule has 3 rings (SSSR count). The van der Waals surface area contributed by atoms with Crippen LogP contribution in [0.15, 0.2) is 18.2 Å². The van der Waals surface area contributed by atoms with Crippen molar-refractivity contribution in [2.24, 2.45) is 5.73 Å². The van der Waals surface area contributed by atoms with Gasteiger partial charge in [-0.25, -0.2) is 0 Å². The molecule has 92 valence electrons. The van der Waals surface area contributed by atoms with Crippen molar-refractivity contribution in [1.29, 1.82) is 0 Å². The summed E-state index contributed by atoms with van der Waals surface area (Å²) >= 11 is 0. The van der Waals surface area contributed by atoms with Crippen LogP contribution in [0.3, 0.4) is 0 Å². The number of hydrogen-bond acceptors (Lipinski definition) is 2. The average molecular weight is 230 g/mol. The second-order valence-corrected chi connectivity index (χ2v) is 5.54. The molecule has 17 heavy (non-hydrogen) atoms. The monoisotopic (exact) mass is 230 g/mol. The summed E-state index contributed by atoms with van der Waals surface area (Å²) < 4.78 is 0. The van der Waals surface area contributed by atoms with E-state index in [1.54, 1.807) is 11.1 Å². The number of nitrogens with one attached hydrogen (secondary N) is 1. The predicted molar refractivity (Wildman–Crippen MR) is 70.9 cm³/mol. The largest absolute Gasteiger partial charge is 0.326 e. The Balaban J connectivity index is 1.61. The minimum atomic E-state index is 0.365. The zero-order valence-electron chi connectivity index (χ0n) is 10.4. The molecule has 2 heteroatoms. The predicted octanol–water partition coefficient (Wildman–Crippen LogP) is 2.14. The maximum atomic E-state index is 6.07. The van der Waals surface area contributed by atoms with E-state index in [-0.39, 0.29) is 0 Å². The van der Waals surface area contributed by atoms with Gasteiger partial charge in [0.1, 0.15) is 0 Å². The fraction of sp³-hybridized carbons (Fsp3) is 0.600. The molecule has 1 fully saturated rings. The molecule has 1 aromatic rings. The van der Waals surface area contributed by atoms with Gasteiger partial charge in [-0.1, -0.05) is 24.6 Å².